The van der Waals surface area contributed by atoms with Crippen LogP contribution in [-0.4, -0.2) is 0 Å². The van der Waals surface area contributed by atoms with Crippen LogP contribution >= 0.6 is 11.3 Å². The number of thiophene rings is 1. The maximum Gasteiger partial charge on any atom is 0.0305 e. The number of hydrogen-bond donors (Lipinski definition) is 1. The van der Waals surface area contributed by atoms with Crippen LogP contribution in [0.4, 0.5) is 0 Å². The van der Waals surface area contributed by atoms with E-state index < -0.39 is 0 Å². The van der Waals surface area contributed by atoms with Gasteiger partial charge in [0, 0.05) is 22.3 Å². The van der Waals surface area contributed by atoms with Gasteiger partial charge < -0.3 is 5.32 Å². The van der Waals surface area contributed by atoms with Crippen molar-refractivity contribution in [3.05, 3.63) is 57.8 Å². The lowest BCUT2D eigenvalue weighted by Crippen LogP contribution is -2.17. The summed E-state index contributed by atoms with van der Waals surface area (Å²) in [5.41, 5.74) is 1.60. The fourth-order valence-electron chi connectivity index (χ4n) is 1.99. The van der Waals surface area contributed by atoms with Crippen molar-refractivity contribution in [2.75, 3.05) is 0 Å². The SMILES string of the molecule is C[C@@H](NCc1ccc(C(C)(C)C)s1)c1ccccc1. The molecule has 0 saturated carbocycles. The monoisotopic (exact) mass is 273 g/mol. The molecule has 0 saturated heterocycles. The van der Waals surface area contributed by atoms with E-state index in [1.165, 1.54) is 15.3 Å². The maximum atomic E-state index is 3.59. The van der Waals surface area contributed by atoms with Crippen molar-refractivity contribution in [2.45, 2.75) is 45.7 Å². The zero-order valence-corrected chi connectivity index (χ0v) is 13.1. The van der Waals surface area contributed by atoms with Gasteiger partial charge in [-0.2, -0.15) is 0 Å². The van der Waals surface area contributed by atoms with E-state index in [1.54, 1.807) is 0 Å². The van der Waals surface area contributed by atoms with E-state index in [-0.39, 0.29) is 5.41 Å². The summed E-state index contributed by atoms with van der Waals surface area (Å²) in [5.74, 6) is 0. The van der Waals surface area contributed by atoms with Gasteiger partial charge in [-0.1, -0.05) is 51.1 Å². The van der Waals surface area contributed by atoms with Gasteiger partial charge in [0.25, 0.3) is 0 Å². The van der Waals surface area contributed by atoms with E-state index in [2.05, 4.69) is 75.5 Å². The predicted octanol–water partition coefficient (Wildman–Crippen LogP) is 4.90. The molecule has 0 amide bonds. The zero-order chi connectivity index (χ0) is 13.9. The van der Waals surface area contributed by atoms with Crippen molar-refractivity contribution in [2.24, 2.45) is 0 Å². The number of hydrogen-bond acceptors (Lipinski definition) is 2. The summed E-state index contributed by atoms with van der Waals surface area (Å²) in [6.07, 6.45) is 0. The highest BCUT2D eigenvalue weighted by atomic mass is 32.1. The molecule has 0 radical (unpaired) electrons. The first-order valence-electron chi connectivity index (χ1n) is 6.84. The molecule has 19 heavy (non-hydrogen) atoms. The summed E-state index contributed by atoms with van der Waals surface area (Å²) in [6, 6.07) is 15.5. The number of nitrogens with one attached hydrogen (secondary N) is 1. The minimum absolute atomic E-state index is 0.258. The smallest absolute Gasteiger partial charge is 0.0305 e. The van der Waals surface area contributed by atoms with E-state index >= 15 is 0 Å². The molecule has 1 aromatic heterocycles. The number of benzene rings is 1. The summed E-state index contributed by atoms with van der Waals surface area (Å²) in [5, 5.41) is 3.59. The average Bonchev–Trinajstić information content (AvgIpc) is 2.86. The Kier molecular flexibility index (Phi) is 4.43. The van der Waals surface area contributed by atoms with Crippen LogP contribution in [0.25, 0.3) is 0 Å². The van der Waals surface area contributed by atoms with Gasteiger partial charge in [0.2, 0.25) is 0 Å². The predicted molar refractivity (Wildman–Crippen MR) is 84.7 cm³/mol. The largest absolute Gasteiger partial charge is 0.305 e. The molecule has 0 aliphatic carbocycles. The molecule has 2 aromatic rings. The summed E-state index contributed by atoms with van der Waals surface area (Å²) >= 11 is 1.91. The standard InChI is InChI=1S/C17H23NS/c1-13(14-8-6-5-7-9-14)18-12-15-10-11-16(19-15)17(2,3)4/h5-11,13,18H,12H2,1-4H3/t13-/m1/s1. The van der Waals surface area contributed by atoms with Crippen molar-refractivity contribution in [1.29, 1.82) is 0 Å². The summed E-state index contributed by atoms with van der Waals surface area (Å²) in [6.45, 7) is 9.96. The highest BCUT2D eigenvalue weighted by molar-refractivity contribution is 7.12. The average molecular weight is 273 g/mol. The van der Waals surface area contributed by atoms with Crippen LogP contribution in [0.15, 0.2) is 42.5 Å². The lowest BCUT2D eigenvalue weighted by molar-refractivity contribution is 0.579. The molecular formula is C17H23NS. The molecule has 0 unspecified atom stereocenters. The molecule has 0 aliphatic heterocycles. The van der Waals surface area contributed by atoms with Crippen LogP contribution in [0, 0.1) is 0 Å². The lowest BCUT2D eigenvalue weighted by Gasteiger charge is -2.16. The van der Waals surface area contributed by atoms with E-state index in [4.69, 9.17) is 0 Å². The van der Waals surface area contributed by atoms with Crippen molar-refractivity contribution in [3.8, 4) is 0 Å². The molecule has 0 fully saturated rings. The molecule has 0 aliphatic rings. The minimum Gasteiger partial charge on any atom is -0.305 e. The van der Waals surface area contributed by atoms with Crippen LogP contribution in [0.5, 0.6) is 0 Å². The van der Waals surface area contributed by atoms with Crippen LogP contribution < -0.4 is 5.32 Å². The Morgan fingerprint density at radius 2 is 1.74 bits per heavy atom. The first kappa shape index (κ1) is 14.3. The molecule has 1 nitrogen and oxygen atoms in total. The Morgan fingerprint density at radius 3 is 2.32 bits per heavy atom. The Morgan fingerprint density at radius 1 is 1.05 bits per heavy atom. The van der Waals surface area contributed by atoms with E-state index in [1.807, 2.05) is 11.3 Å². The Hall–Kier alpha value is -1.12. The third kappa shape index (κ3) is 3.92. The molecule has 1 heterocycles. The highest BCUT2D eigenvalue weighted by Gasteiger charge is 2.16. The summed E-state index contributed by atoms with van der Waals surface area (Å²) in [7, 11) is 0. The second-order valence-electron chi connectivity index (χ2n) is 6.03. The van der Waals surface area contributed by atoms with Gasteiger partial charge in [0.15, 0.2) is 0 Å². The molecule has 1 atom stereocenters. The zero-order valence-electron chi connectivity index (χ0n) is 12.2. The Bertz CT molecular complexity index is 508. The van der Waals surface area contributed by atoms with Gasteiger partial charge in [-0.05, 0) is 30.0 Å². The van der Waals surface area contributed by atoms with E-state index in [0.29, 0.717) is 6.04 Å². The van der Waals surface area contributed by atoms with Crippen molar-refractivity contribution in [3.63, 3.8) is 0 Å². The quantitative estimate of drug-likeness (QED) is 0.835. The van der Waals surface area contributed by atoms with Crippen LogP contribution in [-0.2, 0) is 12.0 Å². The molecule has 0 bridgehead atoms. The second-order valence-corrected chi connectivity index (χ2v) is 7.20. The van der Waals surface area contributed by atoms with E-state index in [9.17, 15) is 0 Å². The van der Waals surface area contributed by atoms with Crippen LogP contribution in [0.1, 0.15) is 49.1 Å². The Balaban J connectivity index is 1.94. The lowest BCUT2D eigenvalue weighted by atomic mass is 9.95. The normalized spacial score (nSPS) is 13.5. The van der Waals surface area contributed by atoms with E-state index in [0.717, 1.165) is 6.54 Å². The third-order valence-electron chi connectivity index (χ3n) is 3.28. The first-order chi connectivity index (χ1) is 8.97. The van der Waals surface area contributed by atoms with Crippen molar-refractivity contribution >= 4 is 11.3 Å². The molecule has 102 valence electrons. The fourth-order valence-corrected chi connectivity index (χ4v) is 3.01. The molecule has 2 heteroatoms. The minimum atomic E-state index is 0.258. The molecule has 1 N–H and O–H groups in total. The van der Waals surface area contributed by atoms with Gasteiger partial charge in [0.05, 0.1) is 0 Å². The van der Waals surface area contributed by atoms with Gasteiger partial charge in [-0.25, -0.2) is 0 Å². The van der Waals surface area contributed by atoms with Gasteiger partial charge in [-0.15, -0.1) is 11.3 Å². The van der Waals surface area contributed by atoms with Crippen molar-refractivity contribution in [1.82, 2.24) is 5.32 Å². The highest BCUT2D eigenvalue weighted by Crippen LogP contribution is 2.29. The Labute approximate surface area is 120 Å². The second kappa shape index (κ2) is 5.89. The van der Waals surface area contributed by atoms with Gasteiger partial charge in [0.1, 0.15) is 0 Å². The van der Waals surface area contributed by atoms with Crippen LogP contribution in [0.3, 0.4) is 0 Å². The molecule has 0 spiro atoms. The first-order valence-corrected chi connectivity index (χ1v) is 7.66. The maximum absolute atomic E-state index is 3.59. The fraction of sp³-hybridized carbons (Fsp3) is 0.412. The topological polar surface area (TPSA) is 12.0 Å². The molecule has 1 aromatic carbocycles. The summed E-state index contributed by atoms with van der Waals surface area (Å²) in [4.78, 5) is 2.87. The summed E-state index contributed by atoms with van der Waals surface area (Å²) < 4.78 is 0. The third-order valence-corrected chi connectivity index (χ3v) is 4.79. The van der Waals surface area contributed by atoms with Gasteiger partial charge in [-0.3, -0.25) is 0 Å². The van der Waals surface area contributed by atoms with Gasteiger partial charge >= 0.3 is 0 Å². The molecule has 2 rings (SSSR count). The number of rotatable bonds is 4. The van der Waals surface area contributed by atoms with Crippen LogP contribution in [0.2, 0.25) is 0 Å². The molecular weight excluding hydrogens is 250 g/mol. The van der Waals surface area contributed by atoms with Crippen molar-refractivity contribution < 1.29 is 0 Å².